The maximum Gasteiger partial charge on any atom is 0.336 e. The number of hydrogen-bond acceptors (Lipinski definition) is 11. The molecule has 1 aromatic rings. The minimum atomic E-state index is -1.02. The van der Waals surface area contributed by atoms with Crippen molar-refractivity contribution in [2.75, 3.05) is 33.0 Å². The molecule has 1 N–H and O–H groups in total. The van der Waals surface area contributed by atoms with Crippen LogP contribution in [0.1, 0.15) is 38.7 Å². The molecule has 1 unspecified atom stereocenters. The van der Waals surface area contributed by atoms with Crippen molar-refractivity contribution in [2.24, 2.45) is 0 Å². The summed E-state index contributed by atoms with van der Waals surface area (Å²) in [4.78, 5) is 51.3. The van der Waals surface area contributed by atoms with E-state index in [1.54, 1.807) is 26.8 Å². The van der Waals surface area contributed by atoms with E-state index in [4.69, 9.17) is 14.2 Å². The Labute approximate surface area is 200 Å². The van der Waals surface area contributed by atoms with Crippen molar-refractivity contribution < 1.29 is 38.6 Å². The average molecular weight is 493 g/mol. The number of nitro groups is 1. The van der Waals surface area contributed by atoms with Crippen LogP contribution >= 0.6 is 0 Å². The topological polar surface area (TPSA) is 169 Å². The quantitative estimate of drug-likeness (QED) is 0.185. The number of esters is 2. The first-order valence-corrected chi connectivity index (χ1v) is 10.8. The summed E-state index contributed by atoms with van der Waals surface area (Å²) in [5.41, 5.74) is 1.05. The maximum atomic E-state index is 13.1. The summed E-state index contributed by atoms with van der Waals surface area (Å²) in [6.07, 6.45) is 0.0646. The van der Waals surface area contributed by atoms with Crippen LogP contribution in [0.2, 0.25) is 0 Å². The van der Waals surface area contributed by atoms with E-state index >= 15 is 0 Å². The lowest BCUT2D eigenvalue weighted by Gasteiger charge is -2.30. The molecule has 1 aliphatic rings. The van der Waals surface area contributed by atoms with Crippen LogP contribution in [0.3, 0.4) is 0 Å². The smallest absolute Gasteiger partial charge is 0.336 e. The Morgan fingerprint density at radius 1 is 0.971 bits per heavy atom. The molecule has 1 heterocycles. The van der Waals surface area contributed by atoms with Crippen molar-refractivity contribution in [1.29, 1.82) is 0 Å². The van der Waals surface area contributed by atoms with Gasteiger partial charge in [0.05, 0.1) is 41.8 Å². The zero-order valence-corrected chi connectivity index (χ0v) is 19.6. The molecule has 1 atom stereocenters. The Balaban J connectivity index is 2.39. The van der Waals surface area contributed by atoms with E-state index in [1.165, 1.54) is 18.2 Å². The number of rotatable bonds is 13. The highest BCUT2D eigenvalue weighted by atomic mass is 16.9. The Morgan fingerprint density at radius 2 is 1.60 bits per heavy atom. The fourth-order valence-corrected chi connectivity index (χ4v) is 3.54. The first kappa shape index (κ1) is 27.2. The van der Waals surface area contributed by atoms with Crippen LogP contribution in [0.15, 0.2) is 46.8 Å². The SMILES string of the molecule is CCOCCOC(=O)C1=C(C)NC(C)=C(C(=O)OCCCO[N+](=O)[O-])C1c1cccc([N+](=O)[O-])c1. The molecular formula is C22H27N3O10. The third-order valence-corrected chi connectivity index (χ3v) is 5.00. The lowest BCUT2D eigenvalue weighted by atomic mass is 9.80. The Morgan fingerprint density at radius 3 is 2.17 bits per heavy atom. The van der Waals surface area contributed by atoms with Crippen LogP contribution in [0, 0.1) is 20.2 Å². The molecule has 13 nitrogen and oxygen atoms in total. The first-order valence-electron chi connectivity index (χ1n) is 10.8. The second-order valence-corrected chi connectivity index (χ2v) is 7.37. The van der Waals surface area contributed by atoms with Gasteiger partial charge >= 0.3 is 11.9 Å². The number of allylic oxidation sites excluding steroid dienone is 2. The van der Waals surface area contributed by atoms with Crippen molar-refractivity contribution >= 4 is 17.6 Å². The standard InChI is InChI=1S/C22H27N3O10/c1-4-32-11-12-34-22(27)19-15(3)23-14(2)18(21(26)33-9-6-10-35-25(30)31)20(19)16-7-5-8-17(13-16)24(28)29/h5,7-8,13,20,23H,4,6,9-12H2,1-3H3. The molecule has 0 saturated heterocycles. The predicted molar refractivity (Wildman–Crippen MR) is 120 cm³/mol. The highest BCUT2D eigenvalue weighted by molar-refractivity contribution is 6.00. The van der Waals surface area contributed by atoms with Gasteiger partial charge in [0.25, 0.3) is 10.8 Å². The number of nitrogens with zero attached hydrogens (tertiary/aromatic N) is 2. The molecule has 13 heteroatoms. The number of ether oxygens (including phenoxy) is 3. The van der Waals surface area contributed by atoms with Gasteiger partial charge in [-0.1, -0.05) is 12.1 Å². The van der Waals surface area contributed by atoms with Crippen LogP contribution in [-0.2, 0) is 28.6 Å². The first-order chi connectivity index (χ1) is 16.7. The molecule has 2 rings (SSSR count). The van der Waals surface area contributed by atoms with Crippen LogP contribution in [0.25, 0.3) is 0 Å². The molecule has 0 saturated carbocycles. The molecule has 0 fully saturated rings. The van der Waals surface area contributed by atoms with E-state index in [0.717, 1.165) is 0 Å². The van der Waals surface area contributed by atoms with Gasteiger partial charge in [-0.15, -0.1) is 10.1 Å². The summed E-state index contributed by atoms with van der Waals surface area (Å²) in [5.74, 6) is -2.53. The highest BCUT2D eigenvalue weighted by Gasteiger charge is 2.38. The molecule has 1 aromatic carbocycles. The van der Waals surface area contributed by atoms with Gasteiger partial charge in [-0.05, 0) is 26.3 Å². The van der Waals surface area contributed by atoms with Crippen molar-refractivity contribution in [3.63, 3.8) is 0 Å². The summed E-state index contributed by atoms with van der Waals surface area (Å²) < 4.78 is 15.8. The number of nitro benzene ring substituents is 1. The predicted octanol–water partition coefficient (Wildman–Crippen LogP) is 2.55. The zero-order valence-electron chi connectivity index (χ0n) is 19.6. The summed E-state index contributed by atoms with van der Waals surface area (Å²) in [7, 11) is 0. The number of carbonyl (C=O) groups is 2. The van der Waals surface area contributed by atoms with Gasteiger partial charge in [0, 0.05) is 36.6 Å². The number of non-ortho nitro benzene ring substituents is 1. The molecule has 0 radical (unpaired) electrons. The lowest BCUT2D eigenvalue weighted by molar-refractivity contribution is -0.757. The molecule has 0 bridgehead atoms. The molecule has 35 heavy (non-hydrogen) atoms. The van der Waals surface area contributed by atoms with Gasteiger partial charge in [-0.2, -0.15) is 0 Å². The molecular weight excluding hydrogens is 466 g/mol. The van der Waals surface area contributed by atoms with E-state index in [9.17, 15) is 29.8 Å². The summed E-state index contributed by atoms with van der Waals surface area (Å²) in [6, 6.07) is 5.60. The largest absolute Gasteiger partial charge is 0.462 e. The third kappa shape index (κ3) is 7.50. The van der Waals surface area contributed by atoms with Gasteiger partial charge in [-0.25, -0.2) is 9.59 Å². The van der Waals surface area contributed by atoms with E-state index in [0.29, 0.717) is 23.6 Å². The van der Waals surface area contributed by atoms with Crippen LogP contribution < -0.4 is 5.32 Å². The molecule has 190 valence electrons. The molecule has 0 aliphatic carbocycles. The van der Waals surface area contributed by atoms with Gasteiger partial charge < -0.3 is 24.4 Å². The normalized spacial score (nSPS) is 15.3. The van der Waals surface area contributed by atoms with E-state index in [2.05, 4.69) is 10.2 Å². The average Bonchev–Trinajstić information content (AvgIpc) is 2.80. The van der Waals surface area contributed by atoms with Gasteiger partial charge in [0.2, 0.25) is 0 Å². The lowest BCUT2D eigenvalue weighted by Crippen LogP contribution is -2.33. The fraction of sp³-hybridized carbons (Fsp3) is 0.455. The highest BCUT2D eigenvalue weighted by Crippen LogP contribution is 2.40. The van der Waals surface area contributed by atoms with Crippen molar-refractivity contribution in [3.05, 3.63) is 72.6 Å². The van der Waals surface area contributed by atoms with Crippen LogP contribution in [0.4, 0.5) is 5.69 Å². The monoisotopic (exact) mass is 493 g/mol. The minimum absolute atomic E-state index is 0.0238. The number of nitrogens with one attached hydrogen (secondary N) is 1. The number of carbonyl (C=O) groups excluding carboxylic acids is 2. The van der Waals surface area contributed by atoms with Gasteiger partial charge in [0.1, 0.15) is 6.61 Å². The molecule has 0 aromatic heterocycles. The van der Waals surface area contributed by atoms with E-state index in [1.807, 2.05) is 0 Å². The van der Waals surface area contributed by atoms with Crippen molar-refractivity contribution in [3.8, 4) is 0 Å². The summed E-state index contributed by atoms with van der Waals surface area (Å²) >= 11 is 0. The Bertz CT molecular complexity index is 1030. The van der Waals surface area contributed by atoms with Crippen LogP contribution in [0.5, 0.6) is 0 Å². The number of dihydropyridines is 1. The third-order valence-electron chi connectivity index (χ3n) is 5.00. The number of benzene rings is 1. The molecule has 1 aliphatic heterocycles. The minimum Gasteiger partial charge on any atom is -0.462 e. The second-order valence-electron chi connectivity index (χ2n) is 7.37. The molecule has 0 amide bonds. The number of hydrogen-bond donors (Lipinski definition) is 1. The van der Waals surface area contributed by atoms with Gasteiger partial charge in [0.15, 0.2) is 0 Å². The Hall–Kier alpha value is -4.00. The summed E-state index contributed by atoms with van der Waals surface area (Å²) in [6.45, 7) is 5.20. The van der Waals surface area contributed by atoms with Crippen LogP contribution in [-0.4, -0.2) is 55.0 Å². The molecule has 0 spiro atoms. The van der Waals surface area contributed by atoms with Gasteiger partial charge in [-0.3, -0.25) is 10.1 Å². The summed E-state index contributed by atoms with van der Waals surface area (Å²) in [5, 5.41) is 23.6. The fourth-order valence-electron chi connectivity index (χ4n) is 3.54. The zero-order chi connectivity index (χ0) is 26.0. The van der Waals surface area contributed by atoms with E-state index < -0.39 is 27.9 Å². The van der Waals surface area contributed by atoms with Crippen molar-refractivity contribution in [1.82, 2.24) is 5.32 Å². The Kier molecular flexibility index (Phi) is 10.1. The van der Waals surface area contributed by atoms with Crippen molar-refractivity contribution in [2.45, 2.75) is 33.1 Å². The maximum absolute atomic E-state index is 13.1. The second kappa shape index (κ2) is 13.0. The van der Waals surface area contributed by atoms with E-state index in [-0.39, 0.29) is 49.7 Å².